The van der Waals surface area contributed by atoms with Gasteiger partial charge in [-0.3, -0.25) is 9.80 Å². The van der Waals surface area contributed by atoms with Crippen molar-refractivity contribution in [2.75, 3.05) is 45.0 Å². The molecule has 0 bridgehead atoms. The number of carbonyl (C=O) groups is 1. The van der Waals surface area contributed by atoms with Gasteiger partial charge in [-0.2, -0.15) is 5.10 Å². The highest BCUT2D eigenvalue weighted by Gasteiger charge is 2.48. The first kappa shape index (κ1) is 29.2. The average Bonchev–Trinajstić information content (AvgIpc) is 3.66. The standard InChI is InChI=1S/C35H42N8O3/c1-35(2,3)46-34(44)42-19-27(20-42)41-17-26(18-41)40-15-23-13-25(14-24(23)16-40)43-33-30(32(36)37-21-38-33)31(39-43)22-9-11-29(12-10-22)45-28-7-5-4-6-8-28/h4-12,21,23-27H,13-20H2,1-3H3,(H2,36,37,38)/t23-,24+,25+. The molecule has 0 unspecified atom stereocenters. The molecule has 1 amide bonds. The van der Waals surface area contributed by atoms with Crippen LogP contribution < -0.4 is 10.5 Å². The first-order valence-electron chi connectivity index (χ1n) is 16.5. The summed E-state index contributed by atoms with van der Waals surface area (Å²) in [5, 5.41) is 5.96. The largest absolute Gasteiger partial charge is 0.457 e. The van der Waals surface area contributed by atoms with Crippen LogP contribution in [0.1, 0.15) is 39.7 Å². The third-order valence-corrected chi connectivity index (χ3v) is 10.2. The van der Waals surface area contributed by atoms with Crippen LogP contribution in [0.3, 0.4) is 0 Å². The van der Waals surface area contributed by atoms with Crippen molar-refractivity contribution in [2.45, 2.75) is 57.3 Å². The lowest BCUT2D eigenvalue weighted by Crippen LogP contribution is -2.70. The second-order valence-corrected chi connectivity index (χ2v) is 14.4. The Kier molecular flexibility index (Phi) is 7.13. The van der Waals surface area contributed by atoms with E-state index in [1.165, 1.54) is 0 Å². The van der Waals surface area contributed by atoms with Crippen LogP contribution in [-0.4, -0.2) is 97.5 Å². The van der Waals surface area contributed by atoms with Crippen LogP contribution in [0.25, 0.3) is 22.3 Å². The summed E-state index contributed by atoms with van der Waals surface area (Å²) in [6.07, 6.45) is 3.54. The lowest BCUT2D eigenvalue weighted by atomic mass is 9.99. The van der Waals surface area contributed by atoms with Gasteiger partial charge in [0.15, 0.2) is 5.65 Å². The van der Waals surface area contributed by atoms with Gasteiger partial charge < -0.3 is 20.1 Å². The zero-order valence-electron chi connectivity index (χ0n) is 26.7. The van der Waals surface area contributed by atoms with Crippen LogP contribution >= 0.6 is 0 Å². The SMILES string of the molecule is CC(C)(C)OC(=O)N1CC(N2CC(N3C[C@H]4C[C@H](n5nc(-c6ccc(Oc7ccccc7)cc6)c6c(N)ncnc65)C[C@H]4C3)C2)C1. The lowest BCUT2D eigenvalue weighted by Gasteiger charge is -2.53. The number of likely N-dealkylation sites (tertiary alicyclic amines) is 3. The van der Waals surface area contributed by atoms with Gasteiger partial charge in [-0.15, -0.1) is 0 Å². The number of ether oxygens (including phenoxy) is 2. The second-order valence-electron chi connectivity index (χ2n) is 14.4. The minimum absolute atomic E-state index is 0.194. The van der Waals surface area contributed by atoms with Gasteiger partial charge in [-0.05, 0) is 81.8 Å². The second kappa shape index (κ2) is 11.2. The predicted octanol–water partition coefficient (Wildman–Crippen LogP) is 5.05. The van der Waals surface area contributed by atoms with Crippen molar-refractivity contribution in [3.63, 3.8) is 0 Å². The number of rotatable bonds is 6. The van der Waals surface area contributed by atoms with Crippen LogP contribution in [0, 0.1) is 11.8 Å². The molecule has 11 heteroatoms. The fourth-order valence-electron chi connectivity index (χ4n) is 7.74. The third-order valence-electron chi connectivity index (χ3n) is 10.2. The van der Waals surface area contributed by atoms with Crippen molar-refractivity contribution in [1.82, 2.24) is 34.4 Å². The number of fused-ring (bicyclic) bond motifs is 2. The molecule has 3 saturated heterocycles. The maximum atomic E-state index is 12.3. The van der Waals surface area contributed by atoms with Gasteiger partial charge in [-0.1, -0.05) is 18.2 Å². The summed E-state index contributed by atoms with van der Waals surface area (Å²) in [6.45, 7) is 11.7. The van der Waals surface area contributed by atoms with Crippen LogP contribution in [0.2, 0.25) is 0 Å². The number of para-hydroxylation sites is 1. The summed E-state index contributed by atoms with van der Waals surface area (Å²) in [7, 11) is 0. The molecule has 4 fully saturated rings. The monoisotopic (exact) mass is 622 g/mol. The van der Waals surface area contributed by atoms with Crippen LogP contribution in [0.15, 0.2) is 60.9 Å². The lowest BCUT2D eigenvalue weighted by molar-refractivity contribution is -0.0553. The Labute approximate surface area is 269 Å². The fourth-order valence-corrected chi connectivity index (χ4v) is 7.74. The molecule has 46 heavy (non-hydrogen) atoms. The topological polar surface area (TPSA) is 115 Å². The Morgan fingerprint density at radius 1 is 0.804 bits per heavy atom. The van der Waals surface area contributed by atoms with Crippen LogP contribution in [-0.2, 0) is 4.74 Å². The summed E-state index contributed by atoms with van der Waals surface area (Å²) in [4.78, 5) is 28.4. The maximum Gasteiger partial charge on any atom is 0.410 e. The number of hydrogen-bond acceptors (Lipinski definition) is 9. The van der Waals surface area contributed by atoms with Crippen LogP contribution in [0.5, 0.6) is 11.5 Å². The molecule has 8 rings (SSSR count). The maximum absolute atomic E-state index is 12.3. The van der Waals surface area contributed by atoms with Crippen molar-refractivity contribution < 1.29 is 14.3 Å². The zero-order chi connectivity index (χ0) is 31.6. The summed E-state index contributed by atoms with van der Waals surface area (Å²) in [6, 6.07) is 19.1. The van der Waals surface area contributed by atoms with Gasteiger partial charge >= 0.3 is 6.09 Å². The minimum atomic E-state index is -0.449. The highest BCUT2D eigenvalue weighted by atomic mass is 16.6. The molecule has 0 spiro atoms. The Morgan fingerprint density at radius 3 is 2.11 bits per heavy atom. The number of aromatic nitrogens is 4. The number of nitrogens with zero attached hydrogens (tertiary/aromatic N) is 7. The predicted molar refractivity (Wildman–Crippen MR) is 175 cm³/mol. The molecule has 3 aliphatic heterocycles. The van der Waals surface area contributed by atoms with Crippen molar-refractivity contribution in [3.05, 3.63) is 60.9 Å². The van der Waals surface area contributed by atoms with Crippen LogP contribution in [0.4, 0.5) is 10.6 Å². The van der Waals surface area contributed by atoms with Crippen molar-refractivity contribution in [2.24, 2.45) is 11.8 Å². The average molecular weight is 623 g/mol. The molecule has 0 radical (unpaired) electrons. The van der Waals surface area contributed by atoms with E-state index in [0.29, 0.717) is 29.7 Å². The van der Waals surface area contributed by atoms with E-state index in [9.17, 15) is 4.79 Å². The van der Waals surface area contributed by atoms with E-state index in [-0.39, 0.29) is 12.1 Å². The molecular weight excluding hydrogens is 580 g/mol. The van der Waals surface area contributed by atoms with Crippen molar-refractivity contribution in [3.8, 4) is 22.8 Å². The van der Waals surface area contributed by atoms with E-state index < -0.39 is 5.60 Å². The summed E-state index contributed by atoms with van der Waals surface area (Å²) >= 11 is 0. The molecule has 5 heterocycles. The third kappa shape index (κ3) is 5.45. The Hall–Kier alpha value is -4.22. The summed E-state index contributed by atoms with van der Waals surface area (Å²) in [5.74, 6) is 3.33. The molecule has 1 saturated carbocycles. The van der Waals surface area contributed by atoms with Gasteiger partial charge in [0.05, 0.1) is 11.4 Å². The number of hydrogen-bond donors (Lipinski definition) is 1. The number of amides is 1. The van der Waals surface area contributed by atoms with E-state index in [1.807, 2.05) is 80.3 Å². The molecule has 11 nitrogen and oxygen atoms in total. The quantitative estimate of drug-likeness (QED) is 0.315. The number of benzene rings is 2. The molecule has 3 atom stereocenters. The minimum Gasteiger partial charge on any atom is -0.457 e. The molecule has 2 aromatic carbocycles. The van der Waals surface area contributed by atoms with Crippen molar-refractivity contribution >= 4 is 22.9 Å². The molecule has 4 aromatic rings. The Morgan fingerprint density at radius 2 is 1.43 bits per heavy atom. The highest BCUT2D eigenvalue weighted by Crippen LogP contribution is 2.46. The number of anilines is 1. The van der Waals surface area contributed by atoms with Gasteiger partial charge in [-0.25, -0.2) is 19.4 Å². The van der Waals surface area contributed by atoms with E-state index in [4.69, 9.17) is 20.3 Å². The smallest absolute Gasteiger partial charge is 0.410 e. The van der Waals surface area contributed by atoms with Gasteiger partial charge in [0.2, 0.25) is 0 Å². The molecule has 1 aliphatic carbocycles. The van der Waals surface area contributed by atoms with E-state index in [0.717, 1.165) is 85.9 Å². The summed E-state index contributed by atoms with van der Waals surface area (Å²) in [5.41, 5.74) is 8.57. The highest BCUT2D eigenvalue weighted by molar-refractivity contribution is 5.98. The summed E-state index contributed by atoms with van der Waals surface area (Å²) < 4.78 is 13.6. The fraction of sp³-hybridized carbons (Fsp3) is 0.486. The number of nitrogen functional groups attached to an aromatic ring is 1. The molecule has 2 aromatic heterocycles. The van der Waals surface area contributed by atoms with Gasteiger partial charge in [0.25, 0.3) is 0 Å². The number of carbonyl (C=O) groups excluding carboxylic acids is 1. The van der Waals surface area contributed by atoms with Crippen molar-refractivity contribution in [1.29, 1.82) is 0 Å². The molecular formula is C35H42N8O3. The van der Waals surface area contributed by atoms with Gasteiger partial charge in [0, 0.05) is 56.9 Å². The first-order valence-corrected chi connectivity index (χ1v) is 16.5. The molecule has 4 aliphatic rings. The van der Waals surface area contributed by atoms with Gasteiger partial charge in [0.1, 0.15) is 34.9 Å². The molecule has 240 valence electrons. The number of nitrogens with two attached hydrogens (primary N) is 1. The normalized spacial score (nSPS) is 24.2. The molecule has 2 N–H and O–H groups in total. The van der Waals surface area contributed by atoms with E-state index >= 15 is 0 Å². The first-order chi connectivity index (χ1) is 22.2. The van der Waals surface area contributed by atoms with E-state index in [1.54, 1.807) is 6.33 Å². The Balaban J connectivity index is 0.895. The van der Waals surface area contributed by atoms with E-state index in [2.05, 4.69) is 24.4 Å². The Bertz CT molecular complexity index is 1710. The zero-order valence-corrected chi connectivity index (χ0v) is 26.7.